The first-order chi connectivity index (χ1) is 6.56. The highest BCUT2D eigenvalue weighted by molar-refractivity contribution is 5.33. The van der Waals surface area contributed by atoms with Gasteiger partial charge in [-0.25, -0.2) is 0 Å². The van der Waals surface area contributed by atoms with Gasteiger partial charge in [0.2, 0.25) is 0 Å². The molecule has 0 amide bonds. The van der Waals surface area contributed by atoms with Crippen LogP contribution in [-0.2, 0) is 6.54 Å². The first-order valence-electron chi connectivity index (χ1n) is 5.37. The Balaban J connectivity index is 2.18. The summed E-state index contributed by atoms with van der Waals surface area (Å²) in [6, 6.07) is 9.31. The minimum Gasteiger partial charge on any atom is -0.306 e. The van der Waals surface area contributed by atoms with E-state index in [2.05, 4.69) is 50.4 Å². The second-order valence-corrected chi connectivity index (χ2v) is 5.40. The molecular weight excluding hydrogens is 170 g/mol. The van der Waals surface area contributed by atoms with Gasteiger partial charge in [-0.1, -0.05) is 45.0 Å². The summed E-state index contributed by atoms with van der Waals surface area (Å²) in [7, 11) is 0. The summed E-state index contributed by atoms with van der Waals surface area (Å²) in [6.07, 6.45) is 1.21. The molecule has 1 aliphatic rings. The van der Waals surface area contributed by atoms with E-state index >= 15 is 0 Å². The van der Waals surface area contributed by atoms with E-state index < -0.39 is 0 Å². The van der Waals surface area contributed by atoms with Crippen LogP contribution >= 0.6 is 0 Å². The van der Waals surface area contributed by atoms with Crippen LogP contribution in [0.15, 0.2) is 24.3 Å². The van der Waals surface area contributed by atoms with Crippen molar-refractivity contribution in [3.05, 3.63) is 35.4 Å². The molecule has 2 rings (SSSR count). The van der Waals surface area contributed by atoms with Crippen molar-refractivity contribution in [3.8, 4) is 0 Å². The average Bonchev–Trinajstić information content (AvgIpc) is 2.47. The standard InChI is InChI=1S/C13H19N/c1-13(2,3)8-12-11-7-5-4-6-10(11)9-14-12/h4-7,12,14H,8-9H2,1-3H3. The molecule has 1 aromatic carbocycles. The van der Waals surface area contributed by atoms with E-state index in [9.17, 15) is 0 Å². The number of rotatable bonds is 1. The molecule has 1 heteroatoms. The smallest absolute Gasteiger partial charge is 0.0331 e. The van der Waals surface area contributed by atoms with Crippen LogP contribution in [0.2, 0.25) is 0 Å². The van der Waals surface area contributed by atoms with E-state index in [0.29, 0.717) is 11.5 Å². The lowest BCUT2D eigenvalue weighted by Gasteiger charge is -2.23. The minimum atomic E-state index is 0.398. The molecule has 76 valence electrons. The third-order valence-electron chi connectivity index (χ3n) is 2.79. The van der Waals surface area contributed by atoms with Gasteiger partial charge in [0, 0.05) is 12.6 Å². The van der Waals surface area contributed by atoms with Crippen LogP contribution in [0.1, 0.15) is 44.4 Å². The second-order valence-electron chi connectivity index (χ2n) is 5.40. The van der Waals surface area contributed by atoms with Gasteiger partial charge in [-0.2, -0.15) is 0 Å². The summed E-state index contributed by atoms with van der Waals surface area (Å²) in [5, 5.41) is 3.58. The number of fused-ring (bicyclic) bond motifs is 1. The number of benzene rings is 1. The molecule has 1 nitrogen and oxygen atoms in total. The first kappa shape index (κ1) is 9.72. The maximum absolute atomic E-state index is 3.58. The third kappa shape index (κ3) is 1.98. The number of nitrogens with one attached hydrogen (secondary N) is 1. The number of hydrogen-bond acceptors (Lipinski definition) is 1. The van der Waals surface area contributed by atoms with Crippen LogP contribution in [0.4, 0.5) is 0 Å². The van der Waals surface area contributed by atoms with Crippen LogP contribution in [0.3, 0.4) is 0 Å². The van der Waals surface area contributed by atoms with E-state index in [4.69, 9.17) is 0 Å². The molecule has 1 unspecified atom stereocenters. The zero-order valence-corrected chi connectivity index (χ0v) is 9.30. The maximum Gasteiger partial charge on any atom is 0.0331 e. The maximum atomic E-state index is 3.58. The van der Waals surface area contributed by atoms with Crippen molar-refractivity contribution in [3.63, 3.8) is 0 Å². The highest BCUT2D eigenvalue weighted by Crippen LogP contribution is 2.34. The molecule has 1 N–H and O–H groups in total. The summed E-state index contributed by atoms with van der Waals surface area (Å²) in [4.78, 5) is 0. The minimum absolute atomic E-state index is 0.398. The Hall–Kier alpha value is -0.820. The van der Waals surface area contributed by atoms with Gasteiger partial charge in [0.25, 0.3) is 0 Å². The van der Waals surface area contributed by atoms with Crippen LogP contribution in [-0.4, -0.2) is 0 Å². The Morgan fingerprint density at radius 1 is 1.29 bits per heavy atom. The van der Waals surface area contributed by atoms with Gasteiger partial charge in [0.05, 0.1) is 0 Å². The van der Waals surface area contributed by atoms with Gasteiger partial charge in [0.15, 0.2) is 0 Å². The quantitative estimate of drug-likeness (QED) is 0.715. The van der Waals surface area contributed by atoms with E-state index in [1.54, 1.807) is 0 Å². The molecule has 0 saturated carbocycles. The molecule has 0 fully saturated rings. The molecule has 0 spiro atoms. The van der Waals surface area contributed by atoms with Crippen molar-refractivity contribution in [2.24, 2.45) is 5.41 Å². The Bertz CT molecular complexity index is 322. The fourth-order valence-corrected chi connectivity index (χ4v) is 2.17. The van der Waals surface area contributed by atoms with Crippen molar-refractivity contribution in [2.45, 2.75) is 39.8 Å². The highest BCUT2D eigenvalue weighted by Gasteiger charge is 2.25. The Morgan fingerprint density at radius 2 is 2.00 bits per heavy atom. The topological polar surface area (TPSA) is 12.0 Å². The highest BCUT2D eigenvalue weighted by atomic mass is 14.9. The van der Waals surface area contributed by atoms with E-state index in [1.807, 2.05) is 0 Å². The molecule has 0 bridgehead atoms. The SMILES string of the molecule is CC(C)(C)CC1NCc2ccccc21. The van der Waals surface area contributed by atoms with Gasteiger partial charge < -0.3 is 5.32 Å². The van der Waals surface area contributed by atoms with E-state index in [0.717, 1.165) is 6.54 Å². The fraction of sp³-hybridized carbons (Fsp3) is 0.538. The lowest BCUT2D eigenvalue weighted by Crippen LogP contribution is -2.19. The Morgan fingerprint density at radius 3 is 2.71 bits per heavy atom. The van der Waals surface area contributed by atoms with Crippen molar-refractivity contribution < 1.29 is 0 Å². The average molecular weight is 189 g/mol. The van der Waals surface area contributed by atoms with E-state index in [1.165, 1.54) is 17.5 Å². The summed E-state index contributed by atoms with van der Waals surface area (Å²) in [5.74, 6) is 0. The van der Waals surface area contributed by atoms with Crippen LogP contribution in [0, 0.1) is 5.41 Å². The lowest BCUT2D eigenvalue weighted by atomic mass is 9.86. The Labute approximate surface area is 86.5 Å². The molecule has 0 saturated heterocycles. The molecule has 0 radical (unpaired) electrons. The van der Waals surface area contributed by atoms with E-state index in [-0.39, 0.29) is 0 Å². The van der Waals surface area contributed by atoms with Crippen molar-refractivity contribution in [1.29, 1.82) is 0 Å². The normalized spacial score (nSPS) is 20.9. The molecule has 1 atom stereocenters. The van der Waals surface area contributed by atoms with Crippen LogP contribution in [0.25, 0.3) is 0 Å². The third-order valence-corrected chi connectivity index (χ3v) is 2.79. The van der Waals surface area contributed by atoms with Gasteiger partial charge in [-0.15, -0.1) is 0 Å². The van der Waals surface area contributed by atoms with Crippen LogP contribution in [0.5, 0.6) is 0 Å². The van der Waals surface area contributed by atoms with Crippen molar-refractivity contribution >= 4 is 0 Å². The van der Waals surface area contributed by atoms with Gasteiger partial charge in [-0.3, -0.25) is 0 Å². The second kappa shape index (κ2) is 3.39. The molecule has 1 heterocycles. The molecule has 1 aliphatic heterocycles. The van der Waals surface area contributed by atoms with Crippen LogP contribution < -0.4 is 5.32 Å². The molecule has 0 aliphatic carbocycles. The van der Waals surface area contributed by atoms with Crippen molar-refractivity contribution in [2.75, 3.05) is 0 Å². The summed E-state index contributed by atoms with van der Waals surface area (Å²) in [5.41, 5.74) is 3.37. The molecule has 1 aromatic rings. The lowest BCUT2D eigenvalue weighted by molar-refractivity contribution is 0.321. The predicted octanol–water partition coefficient (Wildman–Crippen LogP) is 3.27. The number of hydrogen-bond donors (Lipinski definition) is 1. The zero-order chi connectivity index (χ0) is 10.2. The van der Waals surface area contributed by atoms with Crippen molar-refractivity contribution in [1.82, 2.24) is 5.32 Å². The predicted molar refractivity (Wildman–Crippen MR) is 60.1 cm³/mol. The fourth-order valence-electron chi connectivity index (χ4n) is 2.17. The summed E-state index contributed by atoms with van der Waals surface area (Å²) >= 11 is 0. The summed E-state index contributed by atoms with van der Waals surface area (Å²) < 4.78 is 0. The first-order valence-corrected chi connectivity index (χ1v) is 5.37. The molecular formula is C13H19N. The van der Waals surface area contributed by atoms with Gasteiger partial charge in [0.1, 0.15) is 0 Å². The van der Waals surface area contributed by atoms with Gasteiger partial charge >= 0.3 is 0 Å². The summed E-state index contributed by atoms with van der Waals surface area (Å²) in [6.45, 7) is 7.94. The zero-order valence-electron chi connectivity index (χ0n) is 9.30. The largest absolute Gasteiger partial charge is 0.306 e. The molecule has 14 heavy (non-hydrogen) atoms. The molecule has 0 aromatic heterocycles. The monoisotopic (exact) mass is 189 g/mol. The van der Waals surface area contributed by atoms with Gasteiger partial charge in [-0.05, 0) is 23.0 Å². The Kier molecular flexibility index (Phi) is 2.36.